The number of guanidine groups is 1. The van der Waals surface area contributed by atoms with Gasteiger partial charge in [-0.05, 0) is 43.4 Å². The van der Waals surface area contributed by atoms with Crippen molar-refractivity contribution in [2.24, 2.45) is 16.6 Å². The number of methoxy groups -OCH3 is 2. The Morgan fingerprint density at radius 1 is 1.23 bits per heavy atom. The standard InChI is InChI=1S/C17H29N3O2/c1-6-13(3)20-17(18)19-11-12(2)9-14-7-8-15(21-4)16(10-14)22-5/h7-8,10,12-13H,6,9,11H2,1-5H3,(H3,18,19,20). The van der Waals surface area contributed by atoms with Gasteiger partial charge in [0.2, 0.25) is 0 Å². The second-order valence-electron chi connectivity index (χ2n) is 5.68. The Labute approximate surface area is 133 Å². The van der Waals surface area contributed by atoms with Gasteiger partial charge in [-0.3, -0.25) is 4.99 Å². The first-order chi connectivity index (χ1) is 10.5. The zero-order chi connectivity index (χ0) is 16.5. The van der Waals surface area contributed by atoms with Gasteiger partial charge < -0.3 is 20.5 Å². The minimum Gasteiger partial charge on any atom is -0.493 e. The maximum Gasteiger partial charge on any atom is 0.188 e. The topological polar surface area (TPSA) is 68.9 Å². The summed E-state index contributed by atoms with van der Waals surface area (Å²) < 4.78 is 10.6. The normalized spacial score (nSPS) is 14.3. The summed E-state index contributed by atoms with van der Waals surface area (Å²) in [5, 5.41) is 3.17. The van der Waals surface area contributed by atoms with E-state index in [-0.39, 0.29) is 0 Å². The predicted molar refractivity (Wildman–Crippen MR) is 91.8 cm³/mol. The average molecular weight is 307 g/mol. The van der Waals surface area contributed by atoms with Gasteiger partial charge >= 0.3 is 0 Å². The van der Waals surface area contributed by atoms with Gasteiger partial charge in [0.05, 0.1) is 14.2 Å². The predicted octanol–water partition coefficient (Wildman–Crippen LogP) is 2.59. The zero-order valence-corrected chi connectivity index (χ0v) is 14.3. The van der Waals surface area contributed by atoms with E-state index < -0.39 is 0 Å². The Morgan fingerprint density at radius 2 is 1.91 bits per heavy atom. The van der Waals surface area contributed by atoms with Crippen LogP contribution in [0.5, 0.6) is 11.5 Å². The van der Waals surface area contributed by atoms with E-state index in [0.717, 1.165) is 24.3 Å². The molecule has 1 aromatic carbocycles. The van der Waals surface area contributed by atoms with E-state index in [2.05, 4.69) is 37.1 Å². The molecule has 0 aliphatic heterocycles. The fourth-order valence-electron chi connectivity index (χ4n) is 2.13. The molecule has 1 aromatic rings. The molecule has 0 aliphatic carbocycles. The molecule has 5 nitrogen and oxygen atoms in total. The number of ether oxygens (including phenoxy) is 2. The van der Waals surface area contributed by atoms with Crippen molar-refractivity contribution in [2.45, 2.75) is 39.7 Å². The largest absolute Gasteiger partial charge is 0.493 e. The lowest BCUT2D eigenvalue weighted by molar-refractivity contribution is 0.354. The highest BCUT2D eigenvalue weighted by Gasteiger charge is 2.08. The van der Waals surface area contributed by atoms with Gasteiger partial charge in [0.1, 0.15) is 0 Å². The number of nitrogens with one attached hydrogen (secondary N) is 1. The molecule has 2 atom stereocenters. The molecule has 22 heavy (non-hydrogen) atoms. The fraction of sp³-hybridized carbons (Fsp3) is 0.588. The van der Waals surface area contributed by atoms with Crippen LogP contribution in [0, 0.1) is 5.92 Å². The van der Waals surface area contributed by atoms with Gasteiger partial charge in [-0.25, -0.2) is 0 Å². The summed E-state index contributed by atoms with van der Waals surface area (Å²) in [5.41, 5.74) is 7.08. The third kappa shape index (κ3) is 5.84. The van der Waals surface area contributed by atoms with Crippen molar-refractivity contribution in [3.05, 3.63) is 23.8 Å². The molecule has 124 valence electrons. The van der Waals surface area contributed by atoms with Crippen LogP contribution in [0.3, 0.4) is 0 Å². The van der Waals surface area contributed by atoms with Crippen LogP contribution in [-0.4, -0.2) is 32.8 Å². The molecule has 0 saturated heterocycles. The van der Waals surface area contributed by atoms with Crippen LogP contribution in [-0.2, 0) is 6.42 Å². The van der Waals surface area contributed by atoms with Crippen molar-refractivity contribution < 1.29 is 9.47 Å². The van der Waals surface area contributed by atoms with Crippen LogP contribution in [0.1, 0.15) is 32.8 Å². The molecule has 0 bridgehead atoms. The SMILES string of the molecule is CCC(C)NC(N)=NCC(C)Cc1ccc(OC)c(OC)c1. The van der Waals surface area contributed by atoms with Gasteiger partial charge in [0.25, 0.3) is 0 Å². The number of nitrogens with two attached hydrogens (primary N) is 1. The second-order valence-corrected chi connectivity index (χ2v) is 5.68. The van der Waals surface area contributed by atoms with Gasteiger partial charge in [-0.1, -0.05) is 19.9 Å². The molecular weight excluding hydrogens is 278 g/mol. The van der Waals surface area contributed by atoms with Crippen LogP contribution in [0.4, 0.5) is 0 Å². The first-order valence-corrected chi connectivity index (χ1v) is 7.77. The van der Waals surface area contributed by atoms with Crippen molar-refractivity contribution in [2.75, 3.05) is 20.8 Å². The van der Waals surface area contributed by atoms with Crippen molar-refractivity contribution in [3.8, 4) is 11.5 Å². The van der Waals surface area contributed by atoms with Crippen molar-refractivity contribution in [1.82, 2.24) is 5.32 Å². The number of nitrogens with zero attached hydrogens (tertiary/aromatic N) is 1. The van der Waals surface area contributed by atoms with Gasteiger partial charge in [-0.2, -0.15) is 0 Å². The van der Waals surface area contributed by atoms with E-state index in [4.69, 9.17) is 15.2 Å². The Hall–Kier alpha value is -1.91. The van der Waals surface area contributed by atoms with Crippen LogP contribution >= 0.6 is 0 Å². The highest BCUT2D eigenvalue weighted by atomic mass is 16.5. The molecule has 1 rings (SSSR count). The summed E-state index contributed by atoms with van der Waals surface area (Å²) >= 11 is 0. The quantitative estimate of drug-likeness (QED) is 0.572. The molecule has 3 N–H and O–H groups in total. The Kier molecular flexibility index (Phi) is 7.57. The minimum atomic E-state index is 0.352. The summed E-state index contributed by atoms with van der Waals surface area (Å²) in [5.74, 6) is 2.43. The van der Waals surface area contributed by atoms with Crippen LogP contribution < -0.4 is 20.5 Å². The summed E-state index contributed by atoms with van der Waals surface area (Å²) in [7, 11) is 3.29. The number of hydrogen-bond donors (Lipinski definition) is 2. The molecule has 0 saturated carbocycles. The molecule has 5 heteroatoms. The maximum absolute atomic E-state index is 5.88. The highest BCUT2D eigenvalue weighted by Crippen LogP contribution is 2.28. The summed E-state index contributed by atoms with van der Waals surface area (Å²) in [6, 6.07) is 6.36. The average Bonchev–Trinajstić information content (AvgIpc) is 2.52. The Balaban J connectivity index is 2.58. The molecule has 0 radical (unpaired) electrons. The number of benzene rings is 1. The lowest BCUT2D eigenvalue weighted by Crippen LogP contribution is -2.38. The fourth-order valence-corrected chi connectivity index (χ4v) is 2.13. The third-order valence-corrected chi connectivity index (χ3v) is 3.61. The van der Waals surface area contributed by atoms with Crippen molar-refractivity contribution in [3.63, 3.8) is 0 Å². The molecule has 0 spiro atoms. The first-order valence-electron chi connectivity index (χ1n) is 7.77. The monoisotopic (exact) mass is 307 g/mol. The number of rotatable bonds is 8. The third-order valence-electron chi connectivity index (χ3n) is 3.61. The molecule has 0 amide bonds. The highest BCUT2D eigenvalue weighted by molar-refractivity contribution is 5.78. The summed E-state index contributed by atoms with van der Waals surface area (Å²) in [6.07, 6.45) is 1.94. The summed E-state index contributed by atoms with van der Waals surface area (Å²) in [4.78, 5) is 4.41. The maximum atomic E-state index is 5.88. The summed E-state index contributed by atoms with van der Waals surface area (Å²) in [6.45, 7) is 7.07. The molecule has 0 fully saturated rings. The van der Waals surface area contributed by atoms with E-state index in [1.807, 2.05) is 12.1 Å². The van der Waals surface area contributed by atoms with E-state index in [1.165, 1.54) is 5.56 Å². The minimum absolute atomic E-state index is 0.352. The van der Waals surface area contributed by atoms with Crippen LogP contribution in [0.25, 0.3) is 0 Å². The molecule has 2 unspecified atom stereocenters. The van der Waals surface area contributed by atoms with E-state index in [9.17, 15) is 0 Å². The van der Waals surface area contributed by atoms with Gasteiger partial charge in [0, 0.05) is 12.6 Å². The van der Waals surface area contributed by atoms with Crippen LogP contribution in [0.15, 0.2) is 23.2 Å². The second kappa shape index (κ2) is 9.18. The zero-order valence-electron chi connectivity index (χ0n) is 14.3. The first kappa shape index (κ1) is 18.1. The van der Waals surface area contributed by atoms with E-state index in [1.54, 1.807) is 14.2 Å². The van der Waals surface area contributed by atoms with Gasteiger partial charge in [-0.15, -0.1) is 0 Å². The molecule has 0 heterocycles. The van der Waals surface area contributed by atoms with Crippen molar-refractivity contribution in [1.29, 1.82) is 0 Å². The number of aliphatic imine (C=N–C) groups is 1. The Morgan fingerprint density at radius 3 is 2.50 bits per heavy atom. The van der Waals surface area contributed by atoms with Crippen LogP contribution in [0.2, 0.25) is 0 Å². The molecule has 0 aromatic heterocycles. The van der Waals surface area contributed by atoms with E-state index in [0.29, 0.717) is 24.5 Å². The smallest absolute Gasteiger partial charge is 0.188 e. The molecular formula is C17H29N3O2. The van der Waals surface area contributed by atoms with Gasteiger partial charge in [0.15, 0.2) is 17.5 Å². The lowest BCUT2D eigenvalue weighted by Gasteiger charge is -2.14. The molecule has 0 aliphatic rings. The number of hydrogen-bond acceptors (Lipinski definition) is 3. The lowest BCUT2D eigenvalue weighted by atomic mass is 10.0. The Bertz CT molecular complexity index is 489. The van der Waals surface area contributed by atoms with E-state index >= 15 is 0 Å². The van der Waals surface area contributed by atoms with Crippen molar-refractivity contribution >= 4 is 5.96 Å².